The van der Waals surface area contributed by atoms with Gasteiger partial charge in [0.2, 0.25) is 0 Å². The van der Waals surface area contributed by atoms with Crippen LogP contribution in [-0.4, -0.2) is 19.3 Å². The van der Waals surface area contributed by atoms with E-state index in [0.29, 0.717) is 23.7 Å². The zero-order valence-corrected chi connectivity index (χ0v) is 31.1. The van der Waals surface area contributed by atoms with Crippen molar-refractivity contribution in [1.29, 1.82) is 0 Å². The third-order valence-electron chi connectivity index (χ3n) is 10.9. The van der Waals surface area contributed by atoms with Crippen LogP contribution in [0.15, 0.2) is 90.6 Å². The van der Waals surface area contributed by atoms with Gasteiger partial charge < -0.3 is 4.74 Å². The van der Waals surface area contributed by atoms with Gasteiger partial charge in [-0.05, 0) is 104 Å². The second-order valence-corrected chi connectivity index (χ2v) is 14.8. The molecule has 0 fully saturated rings. The van der Waals surface area contributed by atoms with Crippen molar-refractivity contribution in [3.8, 4) is 23.0 Å². The number of pyridine rings is 1. The van der Waals surface area contributed by atoms with E-state index in [1.54, 1.807) is 5.57 Å². The molecule has 0 amide bonds. The number of hydrogen-bond acceptors (Lipinski definition) is 3. The highest BCUT2D eigenvalue weighted by molar-refractivity contribution is 6.09. The zero-order valence-electron chi connectivity index (χ0n) is 31.1. The van der Waals surface area contributed by atoms with Crippen molar-refractivity contribution in [3.05, 3.63) is 119 Å². The first-order valence-electron chi connectivity index (χ1n) is 18.8. The predicted octanol–water partition coefficient (Wildman–Crippen LogP) is 12.3. The third-order valence-corrected chi connectivity index (χ3v) is 10.9. The molecule has 3 aromatic carbocycles. The molecule has 258 valence electrons. The third kappa shape index (κ3) is 6.16. The van der Waals surface area contributed by atoms with E-state index in [4.69, 9.17) is 14.8 Å². The van der Waals surface area contributed by atoms with E-state index in [1.807, 2.05) is 6.20 Å². The number of nitrogens with zero attached hydrogens (tertiary/aromatic N) is 4. The van der Waals surface area contributed by atoms with E-state index in [2.05, 4.69) is 144 Å². The Morgan fingerprint density at radius 1 is 0.880 bits per heavy atom. The lowest BCUT2D eigenvalue weighted by Crippen LogP contribution is -2.23. The van der Waals surface area contributed by atoms with E-state index in [1.165, 1.54) is 46.0 Å². The number of aromatic nitrogens is 4. The van der Waals surface area contributed by atoms with Crippen molar-refractivity contribution in [2.75, 3.05) is 0 Å². The van der Waals surface area contributed by atoms with Gasteiger partial charge in [0.05, 0.1) is 22.4 Å². The Kier molecular flexibility index (Phi) is 9.43. The van der Waals surface area contributed by atoms with Crippen LogP contribution in [0.25, 0.3) is 33.3 Å². The fourth-order valence-corrected chi connectivity index (χ4v) is 8.52. The summed E-state index contributed by atoms with van der Waals surface area (Å²) in [6.07, 6.45) is 10.1. The fourth-order valence-electron chi connectivity index (χ4n) is 8.52. The fraction of sp³-hybridized carbons (Fsp3) is 0.378. The minimum atomic E-state index is 0.333. The Bertz CT molecular complexity index is 2200. The molecule has 50 heavy (non-hydrogen) atoms. The molecule has 0 radical (unpaired) electrons. The highest BCUT2D eigenvalue weighted by Gasteiger charge is 2.34. The molecule has 0 N–H and O–H groups in total. The van der Waals surface area contributed by atoms with Gasteiger partial charge in [0.1, 0.15) is 17.3 Å². The Balaban J connectivity index is 1.31. The molecular weight excluding hydrogens is 613 g/mol. The van der Waals surface area contributed by atoms with Gasteiger partial charge in [-0.15, -0.1) is 0 Å². The van der Waals surface area contributed by atoms with Crippen LogP contribution in [0, 0.1) is 25.7 Å². The van der Waals surface area contributed by atoms with Crippen molar-refractivity contribution in [2.45, 2.75) is 99.3 Å². The summed E-state index contributed by atoms with van der Waals surface area (Å²) in [5.41, 5.74) is 11.1. The lowest BCUT2D eigenvalue weighted by Gasteiger charge is -2.35. The normalized spacial score (nSPS) is 17.9. The highest BCUT2D eigenvalue weighted by Crippen LogP contribution is 2.46. The summed E-state index contributed by atoms with van der Waals surface area (Å²) in [5, 5.41) is 7.61. The maximum Gasteiger partial charge on any atom is 0.137 e. The van der Waals surface area contributed by atoms with Crippen LogP contribution >= 0.6 is 0 Å². The van der Waals surface area contributed by atoms with Crippen LogP contribution in [0.5, 0.6) is 11.5 Å². The molecule has 5 heteroatoms. The maximum absolute atomic E-state index is 6.78. The van der Waals surface area contributed by atoms with Gasteiger partial charge in [0.15, 0.2) is 0 Å². The molecule has 1 aliphatic carbocycles. The van der Waals surface area contributed by atoms with Crippen molar-refractivity contribution < 1.29 is 4.74 Å². The molecule has 1 aliphatic rings. The van der Waals surface area contributed by atoms with E-state index >= 15 is 0 Å². The van der Waals surface area contributed by atoms with Crippen LogP contribution in [0.3, 0.4) is 0 Å². The van der Waals surface area contributed by atoms with Crippen LogP contribution in [0.1, 0.15) is 107 Å². The van der Waals surface area contributed by atoms with E-state index < -0.39 is 0 Å². The summed E-state index contributed by atoms with van der Waals surface area (Å²) in [4.78, 5) is 4.84. The maximum atomic E-state index is 6.78. The van der Waals surface area contributed by atoms with Crippen molar-refractivity contribution in [3.63, 3.8) is 0 Å². The number of aryl methyl sites for hydroxylation is 2. The summed E-state index contributed by atoms with van der Waals surface area (Å²) in [5.74, 6) is 4.57. The van der Waals surface area contributed by atoms with Crippen molar-refractivity contribution in [1.82, 2.24) is 19.3 Å². The second-order valence-electron chi connectivity index (χ2n) is 14.8. The molecule has 3 atom stereocenters. The molecular formula is C45H52N4O. The van der Waals surface area contributed by atoms with E-state index in [9.17, 15) is 0 Å². The molecule has 0 saturated carbocycles. The Morgan fingerprint density at radius 2 is 1.68 bits per heavy atom. The molecule has 0 spiro atoms. The Labute approximate surface area is 298 Å². The van der Waals surface area contributed by atoms with Gasteiger partial charge in [-0.25, -0.2) is 9.67 Å². The van der Waals surface area contributed by atoms with Gasteiger partial charge in [-0.2, -0.15) is 5.10 Å². The average Bonchev–Trinajstić information content (AvgIpc) is 3.60. The molecule has 3 heterocycles. The first kappa shape index (κ1) is 33.8. The number of hydrogen-bond donors (Lipinski definition) is 0. The summed E-state index contributed by atoms with van der Waals surface area (Å²) in [6, 6.07) is 26.0. The van der Waals surface area contributed by atoms with Crippen LogP contribution < -0.4 is 4.74 Å². The van der Waals surface area contributed by atoms with Gasteiger partial charge >= 0.3 is 0 Å². The number of rotatable bonds is 10. The quantitative estimate of drug-likeness (QED) is 0.137. The zero-order chi connectivity index (χ0) is 35.1. The number of benzene rings is 3. The molecule has 0 saturated heterocycles. The lowest BCUT2D eigenvalue weighted by atomic mass is 9.69. The largest absolute Gasteiger partial charge is 0.457 e. The number of ether oxygens (including phenoxy) is 1. The molecule has 5 nitrogen and oxygen atoms in total. The summed E-state index contributed by atoms with van der Waals surface area (Å²) < 4.78 is 11.2. The molecule has 7 rings (SSSR count). The second kappa shape index (κ2) is 13.9. The van der Waals surface area contributed by atoms with Crippen LogP contribution in [0.4, 0.5) is 0 Å². The Morgan fingerprint density at radius 3 is 2.44 bits per heavy atom. The standard InChI is InChI=1S/C45H52N4O/c1-9-14-32-19-20-46-43(23-32)48-41-16-13-12-15-39(41)40-18-17-37(27-42(40)48)50-38-25-35(28(4)5)24-36(26-38)49-31(8)44(30(7)47-49)45-33(10-2)21-29(6)22-34(45)11-3/h12-13,15-21,23-29,34,45H,9-11,14,22H2,1-8H3/t29-,34?,45-/m0/s1. The minimum absolute atomic E-state index is 0.333. The lowest BCUT2D eigenvalue weighted by molar-refractivity contribution is 0.347. The number of allylic oxidation sites excluding steroid dienone is 2. The summed E-state index contributed by atoms with van der Waals surface area (Å²) >= 11 is 0. The van der Waals surface area contributed by atoms with E-state index in [-0.39, 0.29) is 0 Å². The molecule has 6 aromatic rings. The molecule has 1 unspecified atom stereocenters. The number of fused-ring (bicyclic) bond motifs is 3. The van der Waals surface area contributed by atoms with Gasteiger partial charge in [0.25, 0.3) is 0 Å². The topological polar surface area (TPSA) is 44.9 Å². The number of para-hydroxylation sites is 1. The van der Waals surface area contributed by atoms with Crippen molar-refractivity contribution in [2.24, 2.45) is 11.8 Å². The summed E-state index contributed by atoms with van der Waals surface area (Å²) in [6.45, 7) is 18.2. The Hall–Kier alpha value is -4.64. The first-order chi connectivity index (χ1) is 24.2. The van der Waals surface area contributed by atoms with Gasteiger partial charge in [0, 0.05) is 46.3 Å². The predicted molar refractivity (Wildman–Crippen MR) is 208 cm³/mol. The monoisotopic (exact) mass is 664 g/mol. The molecule has 0 bridgehead atoms. The smallest absolute Gasteiger partial charge is 0.137 e. The van der Waals surface area contributed by atoms with Crippen LogP contribution in [-0.2, 0) is 6.42 Å². The van der Waals surface area contributed by atoms with E-state index in [0.717, 1.165) is 59.0 Å². The van der Waals surface area contributed by atoms with Crippen LogP contribution in [0.2, 0.25) is 0 Å². The molecule has 3 aromatic heterocycles. The highest BCUT2D eigenvalue weighted by atomic mass is 16.5. The van der Waals surface area contributed by atoms with Gasteiger partial charge in [-0.3, -0.25) is 4.57 Å². The average molecular weight is 665 g/mol. The first-order valence-corrected chi connectivity index (χ1v) is 18.8. The SMILES string of the molecule is CCCc1ccnc(-n2c3ccccc3c3ccc(Oc4cc(C(C)C)cc(-n5nc(C)c([C@H]6C(CC)=C[C@H](C)CC6CC)c5C)c4)cc32)c1. The van der Waals surface area contributed by atoms with Crippen molar-refractivity contribution >= 4 is 21.8 Å². The minimum Gasteiger partial charge on any atom is -0.457 e. The molecule has 0 aliphatic heterocycles. The van der Waals surface area contributed by atoms with Gasteiger partial charge in [-0.1, -0.05) is 84.2 Å². The summed E-state index contributed by atoms with van der Waals surface area (Å²) in [7, 11) is 0.